The fraction of sp³-hybridized carbons (Fsp3) is 0.100. The van der Waals surface area contributed by atoms with E-state index in [0.29, 0.717) is 0 Å². The molecule has 1 saturated heterocycles. The molecule has 0 aromatic carbocycles. The molecule has 56 valence electrons. The quantitative estimate of drug-likeness (QED) is 0.481. The molecule has 0 aromatic rings. The molecule has 0 radical (unpaired) electrons. The van der Waals surface area contributed by atoms with Crippen molar-refractivity contribution in [1.29, 1.82) is 0 Å². The minimum absolute atomic E-state index is 0.363. The molecule has 11 heavy (non-hydrogen) atoms. The fourth-order valence-corrected chi connectivity index (χ4v) is 2.36. The van der Waals surface area contributed by atoms with E-state index in [1.54, 1.807) is 0 Å². The van der Waals surface area contributed by atoms with Crippen LogP contribution in [0.4, 0.5) is 0 Å². The van der Waals surface area contributed by atoms with Crippen molar-refractivity contribution in [2.24, 2.45) is 0 Å². The maximum atomic E-state index is 4.02. The molecule has 1 heteroatoms. The van der Waals surface area contributed by atoms with Gasteiger partial charge in [0.05, 0.1) is 6.30 Å². The van der Waals surface area contributed by atoms with E-state index in [-0.39, 0.29) is 7.55 Å². The zero-order valence-corrected chi connectivity index (χ0v) is 7.58. The highest BCUT2D eigenvalue weighted by atomic mass is 31.1. The normalized spacial score (nSPS) is 22.7. The van der Waals surface area contributed by atoms with Gasteiger partial charge in [-0.3, -0.25) is 0 Å². The van der Waals surface area contributed by atoms with Gasteiger partial charge < -0.3 is 0 Å². The van der Waals surface area contributed by atoms with E-state index in [2.05, 4.69) is 32.6 Å². The molecule has 0 spiro atoms. The Morgan fingerprint density at radius 1 is 1.00 bits per heavy atom. The monoisotopic (exact) mass is 163 g/mol. The molecule has 0 N–H and O–H groups in total. The van der Waals surface area contributed by atoms with Gasteiger partial charge in [0.15, 0.2) is 0 Å². The van der Waals surface area contributed by atoms with Crippen LogP contribution >= 0.6 is 7.55 Å². The summed E-state index contributed by atoms with van der Waals surface area (Å²) in [6, 6.07) is 0. The molecule has 0 amide bonds. The van der Waals surface area contributed by atoms with E-state index in [1.807, 2.05) is 0 Å². The second-order valence-electron chi connectivity index (χ2n) is 2.71. The van der Waals surface area contributed by atoms with Gasteiger partial charge in [0.2, 0.25) is 0 Å². The first-order valence-corrected chi connectivity index (χ1v) is 5.09. The van der Waals surface area contributed by atoms with Gasteiger partial charge in [0, 0.05) is 5.57 Å². The highest BCUT2D eigenvalue weighted by Crippen LogP contribution is 2.45. The Kier molecular flexibility index (Phi) is 1.97. The Balaban J connectivity index is 3.06. The minimum Gasteiger partial charge on any atom is -0.0911 e. The first-order chi connectivity index (χ1) is 5.04. The largest absolute Gasteiger partial charge is 0.148 e. The van der Waals surface area contributed by atoms with Gasteiger partial charge in [-0.1, -0.05) is 19.7 Å². The van der Waals surface area contributed by atoms with E-state index in [1.165, 1.54) is 0 Å². The molecule has 0 aliphatic carbocycles. The lowest BCUT2D eigenvalue weighted by Crippen LogP contribution is -2.01. The third-order valence-corrected chi connectivity index (χ3v) is 3.70. The maximum Gasteiger partial charge on any atom is 0.148 e. The standard InChI is InChI=1S/C10H12P/c1-7-6-11(5)10(4)9(3)8(7)2/h1-6H2/q+1. The van der Waals surface area contributed by atoms with Gasteiger partial charge in [0.1, 0.15) is 19.0 Å². The van der Waals surface area contributed by atoms with Crippen LogP contribution in [-0.4, -0.2) is 12.5 Å². The lowest BCUT2D eigenvalue weighted by molar-refractivity contribution is 1.39. The minimum atomic E-state index is -0.363. The highest BCUT2D eigenvalue weighted by Gasteiger charge is 2.26. The van der Waals surface area contributed by atoms with E-state index >= 15 is 0 Å². The van der Waals surface area contributed by atoms with Crippen molar-refractivity contribution in [1.82, 2.24) is 0 Å². The first-order valence-electron chi connectivity index (χ1n) is 3.37. The van der Waals surface area contributed by atoms with Gasteiger partial charge >= 0.3 is 0 Å². The van der Waals surface area contributed by atoms with Crippen LogP contribution in [0.2, 0.25) is 0 Å². The zero-order chi connectivity index (χ0) is 8.59. The SMILES string of the molecule is C=C1C[P+](=C)C(=C)C(=C)C1=C. The lowest BCUT2D eigenvalue weighted by Gasteiger charge is -2.14. The van der Waals surface area contributed by atoms with Crippen LogP contribution < -0.4 is 0 Å². The van der Waals surface area contributed by atoms with Gasteiger partial charge in [0.25, 0.3) is 0 Å². The molecule has 1 unspecified atom stereocenters. The fourth-order valence-electron chi connectivity index (χ4n) is 1.000. The van der Waals surface area contributed by atoms with Gasteiger partial charge in [-0.25, -0.2) is 0 Å². The molecule has 0 saturated carbocycles. The molecule has 1 aliphatic rings. The highest BCUT2D eigenvalue weighted by molar-refractivity contribution is 7.60. The number of hydrogen-bond acceptors (Lipinski definition) is 0. The summed E-state index contributed by atoms with van der Waals surface area (Å²) in [6.45, 7) is 15.6. The zero-order valence-electron chi connectivity index (χ0n) is 6.69. The predicted molar refractivity (Wildman–Crippen MR) is 55.5 cm³/mol. The lowest BCUT2D eigenvalue weighted by atomic mass is 10.0. The Bertz CT molecular complexity index is 264. The predicted octanol–water partition coefficient (Wildman–Crippen LogP) is 3.10. The van der Waals surface area contributed by atoms with Gasteiger partial charge in [-0.05, 0) is 17.7 Å². The van der Waals surface area contributed by atoms with E-state index in [4.69, 9.17) is 0 Å². The van der Waals surface area contributed by atoms with Crippen molar-refractivity contribution in [2.75, 3.05) is 6.16 Å². The molecular weight excluding hydrogens is 151 g/mol. The van der Waals surface area contributed by atoms with E-state index in [0.717, 1.165) is 28.2 Å². The van der Waals surface area contributed by atoms with Crippen LogP contribution in [0.5, 0.6) is 0 Å². The second-order valence-corrected chi connectivity index (χ2v) is 4.64. The Hall–Kier alpha value is -0.870. The van der Waals surface area contributed by atoms with Crippen LogP contribution in [0.3, 0.4) is 0 Å². The molecule has 0 bridgehead atoms. The molecular formula is C10H12P+. The summed E-state index contributed by atoms with van der Waals surface area (Å²) in [6.07, 6.45) is 4.95. The van der Waals surface area contributed by atoms with Crippen molar-refractivity contribution < 1.29 is 0 Å². The van der Waals surface area contributed by atoms with Crippen molar-refractivity contribution in [2.45, 2.75) is 0 Å². The summed E-state index contributed by atoms with van der Waals surface area (Å²) in [4.78, 5) is 0. The third kappa shape index (κ3) is 1.27. The average molecular weight is 163 g/mol. The molecule has 1 atom stereocenters. The Morgan fingerprint density at radius 2 is 1.55 bits per heavy atom. The maximum absolute atomic E-state index is 4.02. The Morgan fingerprint density at radius 3 is 2.09 bits per heavy atom. The third-order valence-electron chi connectivity index (χ3n) is 1.90. The average Bonchev–Trinajstić information content (AvgIpc) is 1.97. The number of hydrogen-bond donors (Lipinski definition) is 0. The summed E-state index contributed by atoms with van der Waals surface area (Å²) < 4.78 is 0. The summed E-state index contributed by atoms with van der Waals surface area (Å²) >= 11 is 0. The summed E-state index contributed by atoms with van der Waals surface area (Å²) in [5.41, 5.74) is 2.98. The molecule has 1 rings (SSSR count). The van der Waals surface area contributed by atoms with Crippen LogP contribution in [-0.2, 0) is 0 Å². The molecule has 0 nitrogen and oxygen atoms in total. The molecule has 1 aliphatic heterocycles. The van der Waals surface area contributed by atoms with Crippen LogP contribution in [0.15, 0.2) is 48.3 Å². The number of allylic oxidation sites excluding steroid dienone is 4. The second kappa shape index (κ2) is 2.64. The van der Waals surface area contributed by atoms with Crippen molar-refractivity contribution in [3.05, 3.63) is 48.3 Å². The van der Waals surface area contributed by atoms with Crippen molar-refractivity contribution >= 4 is 13.8 Å². The van der Waals surface area contributed by atoms with Crippen LogP contribution in [0, 0.1) is 0 Å². The van der Waals surface area contributed by atoms with Gasteiger partial charge in [-0.15, -0.1) is 0 Å². The summed E-state index contributed by atoms with van der Waals surface area (Å²) in [7, 11) is -0.363. The first kappa shape index (κ1) is 8.23. The van der Waals surface area contributed by atoms with E-state index < -0.39 is 0 Å². The summed E-state index contributed by atoms with van der Waals surface area (Å²) in [5, 5.41) is 1.07. The molecule has 1 heterocycles. The molecule has 1 fully saturated rings. The van der Waals surface area contributed by atoms with Gasteiger partial charge in [-0.2, -0.15) is 0 Å². The van der Waals surface area contributed by atoms with E-state index in [9.17, 15) is 0 Å². The van der Waals surface area contributed by atoms with Crippen LogP contribution in [0.25, 0.3) is 0 Å². The van der Waals surface area contributed by atoms with Crippen molar-refractivity contribution in [3.8, 4) is 0 Å². The van der Waals surface area contributed by atoms with Crippen LogP contribution in [0.1, 0.15) is 0 Å². The molecule has 0 aromatic heterocycles. The Labute approximate surface area is 69.0 Å². The topological polar surface area (TPSA) is 0 Å². The smallest absolute Gasteiger partial charge is 0.0911 e. The number of rotatable bonds is 0. The summed E-state index contributed by atoms with van der Waals surface area (Å²) in [5.74, 6) is 0. The van der Waals surface area contributed by atoms with Crippen molar-refractivity contribution in [3.63, 3.8) is 0 Å².